The Kier molecular flexibility index (Phi) is 9.84. The largest absolute Gasteiger partial charge is 0.325 e. The summed E-state index contributed by atoms with van der Waals surface area (Å²) < 4.78 is 32.5. The smallest absolute Gasteiger partial charge is 0.296 e. The van der Waals surface area contributed by atoms with Crippen LogP contribution >= 0.6 is 25.5 Å². The van der Waals surface area contributed by atoms with Gasteiger partial charge in [0.2, 0.25) is 0 Å². The lowest BCUT2D eigenvalue weighted by molar-refractivity contribution is 0.337. The molecule has 148 valence electrons. The quantitative estimate of drug-likeness (QED) is 0.411. The third kappa shape index (κ3) is 5.57. The Morgan fingerprint density at radius 2 is 0.852 bits per heavy atom. The maximum Gasteiger partial charge on any atom is 0.296 e. The molecule has 2 aromatic rings. The molecule has 0 aromatic heterocycles. The van der Waals surface area contributed by atoms with Gasteiger partial charge in [-0.2, -0.15) is 0 Å². The lowest BCUT2D eigenvalue weighted by Crippen LogP contribution is -2.25. The molecule has 0 heterocycles. The number of hydrogen-bond donors (Lipinski definition) is 0. The summed E-state index contributed by atoms with van der Waals surface area (Å²) in [4.78, 5) is 0. The van der Waals surface area contributed by atoms with E-state index in [1.165, 1.54) is 0 Å². The third-order valence-electron chi connectivity index (χ3n) is 3.40. The first kappa shape index (κ1) is 22.4. The lowest BCUT2D eigenvalue weighted by Gasteiger charge is -2.41. The zero-order valence-electron chi connectivity index (χ0n) is 16.1. The van der Waals surface area contributed by atoms with Gasteiger partial charge >= 0.3 is 0 Å². The number of para-hydroxylation sites is 2. The van der Waals surface area contributed by atoms with Crippen molar-refractivity contribution in [3.63, 3.8) is 0 Å². The average molecular weight is 430 g/mol. The molecule has 0 N–H and O–H groups in total. The minimum absolute atomic E-state index is 0.920. The predicted molar refractivity (Wildman–Crippen MR) is 114 cm³/mol. The second-order valence-electron chi connectivity index (χ2n) is 4.89. The minimum Gasteiger partial charge on any atom is -0.325 e. The highest BCUT2D eigenvalue weighted by Crippen LogP contribution is 2.68. The van der Waals surface area contributed by atoms with Crippen molar-refractivity contribution in [3.8, 4) is 0 Å². The van der Waals surface area contributed by atoms with Crippen molar-refractivity contribution in [3.05, 3.63) is 60.7 Å². The summed E-state index contributed by atoms with van der Waals surface area (Å²) in [7, 11) is 3.92. The molecule has 7 nitrogen and oxygen atoms in total. The van der Waals surface area contributed by atoms with Gasteiger partial charge in [0.05, 0.1) is 11.4 Å². The minimum atomic E-state index is -1.42. The van der Waals surface area contributed by atoms with Gasteiger partial charge in [0.15, 0.2) is 0 Å². The van der Waals surface area contributed by atoms with Crippen LogP contribution in [0.1, 0.15) is 0 Å². The summed E-state index contributed by atoms with van der Waals surface area (Å²) in [5.41, 5.74) is 1.84. The van der Waals surface area contributed by atoms with Crippen LogP contribution in [-0.2, 0) is 22.6 Å². The van der Waals surface area contributed by atoms with Gasteiger partial charge in [0.25, 0.3) is 25.5 Å². The molecule has 0 aliphatic rings. The monoisotopic (exact) mass is 430 g/mol. The standard InChI is InChI=1S/C17H25N2O5P3/c1-20-25(18(26(21-2)22-3)16-12-8-6-9-13-16)19(27(23-4)24-5)17-14-10-7-11-15-17/h6-15H,1-5H3. The Labute approximate surface area is 165 Å². The van der Waals surface area contributed by atoms with Gasteiger partial charge in [0.1, 0.15) is 0 Å². The van der Waals surface area contributed by atoms with Crippen LogP contribution in [0.15, 0.2) is 60.7 Å². The summed E-state index contributed by atoms with van der Waals surface area (Å²) in [6.07, 6.45) is 0. The van der Waals surface area contributed by atoms with Crippen LogP contribution in [0.5, 0.6) is 0 Å². The van der Waals surface area contributed by atoms with Crippen molar-refractivity contribution in [2.24, 2.45) is 0 Å². The molecule has 27 heavy (non-hydrogen) atoms. The SMILES string of the molecule is COP(OC)N(c1ccccc1)P(OC)N(c1ccccc1)P(OC)OC. The van der Waals surface area contributed by atoms with E-state index in [4.69, 9.17) is 22.6 Å². The summed E-state index contributed by atoms with van der Waals surface area (Å²) in [6, 6.07) is 19.8. The highest BCUT2D eigenvalue weighted by molar-refractivity contribution is 7.78. The van der Waals surface area contributed by atoms with Crippen molar-refractivity contribution < 1.29 is 22.6 Å². The molecule has 2 aromatic carbocycles. The summed E-state index contributed by atoms with van der Waals surface area (Å²) in [6.45, 7) is 0. The fourth-order valence-electron chi connectivity index (χ4n) is 2.33. The van der Waals surface area contributed by atoms with Gasteiger partial charge < -0.3 is 22.6 Å². The molecule has 0 spiro atoms. The van der Waals surface area contributed by atoms with Crippen LogP contribution in [0.3, 0.4) is 0 Å². The molecule has 0 atom stereocenters. The van der Waals surface area contributed by atoms with E-state index in [-0.39, 0.29) is 0 Å². The van der Waals surface area contributed by atoms with Crippen LogP contribution in [0.2, 0.25) is 0 Å². The van der Waals surface area contributed by atoms with E-state index >= 15 is 0 Å². The molecule has 0 amide bonds. The molecule has 10 heteroatoms. The van der Waals surface area contributed by atoms with Gasteiger partial charge in [-0.15, -0.1) is 0 Å². The third-order valence-corrected chi connectivity index (χ3v) is 8.96. The Morgan fingerprint density at radius 3 is 1.11 bits per heavy atom. The first-order chi connectivity index (χ1) is 13.2. The number of anilines is 2. The van der Waals surface area contributed by atoms with E-state index in [2.05, 4.69) is 0 Å². The highest BCUT2D eigenvalue weighted by Gasteiger charge is 2.39. The second kappa shape index (κ2) is 11.9. The molecule has 0 unspecified atom stereocenters. The van der Waals surface area contributed by atoms with Gasteiger partial charge in [-0.25, -0.2) is 8.88 Å². The summed E-state index contributed by atoms with van der Waals surface area (Å²) in [5, 5.41) is 0. The molecule has 0 saturated heterocycles. The number of hydrogen-bond acceptors (Lipinski definition) is 7. The van der Waals surface area contributed by atoms with E-state index in [1.54, 1.807) is 35.5 Å². The molecule has 0 saturated carbocycles. The van der Waals surface area contributed by atoms with Gasteiger partial charge in [-0.3, -0.25) is 0 Å². The van der Waals surface area contributed by atoms with Crippen molar-refractivity contribution in [2.45, 2.75) is 0 Å². The summed E-state index contributed by atoms with van der Waals surface area (Å²) in [5.74, 6) is 0. The normalized spacial score (nSPS) is 11.4. The summed E-state index contributed by atoms with van der Waals surface area (Å²) >= 11 is 0. The Hall–Kier alpha value is -0.870. The molecule has 0 aliphatic carbocycles. The van der Waals surface area contributed by atoms with Crippen LogP contribution in [-0.4, -0.2) is 35.5 Å². The van der Waals surface area contributed by atoms with E-state index in [0.717, 1.165) is 11.4 Å². The van der Waals surface area contributed by atoms with Crippen LogP contribution < -0.4 is 8.88 Å². The van der Waals surface area contributed by atoms with Crippen molar-refractivity contribution in [2.75, 3.05) is 44.4 Å². The van der Waals surface area contributed by atoms with Crippen molar-refractivity contribution >= 4 is 36.9 Å². The highest BCUT2D eigenvalue weighted by atomic mass is 31.2. The first-order valence-electron chi connectivity index (χ1n) is 8.02. The molecule has 2 rings (SSSR count). The predicted octanol–water partition coefficient (Wildman–Crippen LogP) is 5.91. The Balaban J connectivity index is 2.56. The average Bonchev–Trinajstić information content (AvgIpc) is 2.74. The maximum atomic E-state index is 5.98. The zero-order chi connectivity index (χ0) is 19.6. The molecular formula is C17H25N2O5P3. The first-order valence-corrected chi connectivity index (χ1v) is 11.4. The zero-order valence-corrected chi connectivity index (χ0v) is 18.7. The van der Waals surface area contributed by atoms with Gasteiger partial charge in [0, 0.05) is 35.5 Å². The number of nitrogens with zero attached hydrogens (tertiary/aromatic N) is 2. The van der Waals surface area contributed by atoms with Crippen molar-refractivity contribution in [1.82, 2.24) is 0 Å². The van der Waals surface area contributed by atoms with Crippen molar-refractivity contribution in [1.29, 1.82) is 0 Å². The number of benzene rings is 2. The maximum absolute atomic E-state index is 5.98. The molecule has 0 fully saturated rings. The Bertz CT molecular complexity index is 592. The van der Waals surface area contributed by atoms with Crippen LogP contribution in [0.4, 0.5) is 11.4 Å². The van der Waals surface area contributed by atoms with E-state index in [1.807, 2.05) is 69.5 Å². The van der Waals surface area contributed by atoms with Gasteiger partial charge in [-0.1, -0.05) is 36.4 Å². The molecule has 0 bridgehead atoms. The lowest BCUT2D eigenvalue weighted by atomic mass is 10.3. The van der Waals surface area contributed by atoms with E-state index in [0.29, 0.717) is 0 Å². The van der Waals surface area contributed by atoms with Crippen LogP contribution in [0.25, 0.3) is 0 Å². The Morgan fingerprint density at radius 1 is 0.519 bits per heavy atom. The fraction of sp³-hybridized carbons (Fsp3) is 0.294. The molecule has 0 radical (unpaired) electrons. The van der Waals surface area contributed by atoms with E-state index < -0.39 is 25.5 Å². The van der Waals surface area contributed by atoms with Crippen LogP contribution in [0, 0.1) is 0 Å². The second-order valence-corrected chi connectivity index (χ2v) is 10.4. The van der Waals surface area contributed by atoms with Gasteiger partial charge in [-0.05, 0) is 24.3 Å². The fourth-order valence-corrected chi connectivity index (χ4v) is 8.00. The van der Waals surface area contributed by atoms with E-state index in [9.17, 15) is 0 Å². The molecule has 0 aliphatic heterocycles. The molecular weight excluding hydrogens is 405 g/mol. The topological polar surface area (TPSA) is 52.6 Å². The number of rotatable bonds is 11.